The van der Waals surface area contributed by atoms with Gasteiger partial charge in [-0.1, -0.05) is 42.1 Å². The Morgan fingerprint density at radius 2 is 1.79 bits per heavy atom. The number of ether oxygens (including phenoxy) is 2. The van der Waals surface area contributed by atoms with Crippen molar-refractivity contribution in [3.8, 4) is 11.5 Å². The quantitative estimate of drug-likeness (QED) is 0.578. The standard InChI is InChI=1S/C21H20N4O3S/c26-20(23-16-6-7-17-18(12-16)28-11-10-27-17)14-29-21-9-8-19(24-25-21)22-13-15-4-2-1-3-5-15/h1-9,12H,10-11,13-14H2,(H,22,24)(H,23,26). The van der Waals surface area contributed by atoms with Crippen LogP contribution in [0.1, 0.15) is 5.56 Å². The van der Waals surface area contributed by atoms with Gasteiger partial charge in [-0.3, -0.25) is 4.79 Å². The molecule has 1 aromatic heterocycles. The monoisotopic (exact) mass is 408 g/mol. The maximum absolute atomic E-state index is 12.2. The van der Waals surface area contributed by atoms with E-state index in [0.29, 0.717) is 47.8 Å². The maximum atomic E-state index is 12.2. The molecule has 2 heterocycles. The molecule has 1 aliphatic rings. The van der Waals surface area contributed by atoms with Gasteiger partial charge in [-0.2, -0.15) is 0 Å². The van der Waals surface area contributed by atoms with Crippen LogP contribution < -0.4 is 20.1 Å². The summed E-state index contributed by atoms with van der Waals surface area (Å²) in [6.07, 6.45) is 0. The van der Waals surface area contributed by atoms with Crippen LogP contribution in [0.25, 0.3) is 0 Å². The van der Waals surface area contributed by atoms with Crippen molar-refractivity contribution in [1.82, 2.24) is 10.2 Å². The van der Waals surface area contributed by atoms with E-state index in [9.17, 15) is 4.79 Å². The first-order chi connectivity index (χ1) is 14.3. The topological polar surface area (TPSA) is 85.4 Å². The number of nitrogens with one attached hydrogen (secondary N) is 2. The summed E-state index contributed by atoms with van der Waals surface area (Å²) in [5.41, 5.74) is 1.84. The molecule has 0 radical (unpaired) electrons. The third kappa shape index (κ3) is 5.39. The molecule has 8 heteroatoms. The van der Waals surface area contributed by atoms with Crippen LogP contribution in [0.3, 0.4) is 0 Å². The Morgan fingerprint density at radius 3 is 2.59 bits per heavy atom. The van der Waals surface area contributed by atoms with Gasteiger partial charge >= 0.3 is 0 Å². The van der Waals surface area contributed by atoms with Crippen molar-refractivity contribution >= 4 is 29.2 Å². The largest absolute Gasteiger partial charge is 0.486 e. The first-order valence-electron chi connectivity index (χ1n) is 9.20. The summed E-state index contributed by atoms with van der Waals surface area (Å²) in [5, 5.41) is 15.1. The molecule has 7 nitrogen and oxygen atoms in total. The Balaban J connectivity index is 1.25. The highest BCUT2D eigenvalue weighted by Crippen LogP contribution is 2.32. The predicted octanol–water partition coefficient (Wildman–Crippen LogP) is 3.59. The smallest absolute Gasteiger partial charge is 0.234 e. The molecule has 1 aliphatic heterocycles. The van der Waals surface area contributed by atoms with E-state index in [4.69, 9.17) is 9.47 Å². The summed E-state index contributed by atoms with van der Waals surface area (Å²) in [6.45, 7) is 1.73. The number of aromatic nitrogens is 2. The molecular formula is C21H20N4O3S. The number of thioether (sulfide) groups is 1. The van der Waals surface area contributed by atoms with E-state index >= 15 is 0 Å². The number of carbonyl (C=O) groups excluding carboxylic acids is 1. The van der Waals surface area contributed by atoms with Gasteiger partial charge < -0.3 is 20.1 Å². The minimum atomic E-state index is -0.125. The van der Waals surface area contributed by atoms with E-state index in [2.05, 4.69) is 20.8 Å². The molecule has 4 rings (SSSR count). The highest BCUT2D eigenvalue weighted by atomic mass is 32.2. The van der Waals surface area contributed by atoms with Crippen molar-refractivity contribution < 1.29 is 14.3 Å². The van der Waals surface area contributed by atoms with Crippen LogP contribution in [0.4, 0.5) is 11.5 Å². The lowest BCUT2D eigenvalue weighted by Crippen LogP contribution is -2.17. The molecule has 2 aromatic carbocycles. The third-order valence-corrected chi connectivity index (χ3v) is 5.05. The lowest BCUT2D eigenvalue weighted by atomic mass is 10.2. The van der Waals surface area contributed by atoms with Crippen LogP contribution in [0.2, 0.25) is 0 Å². The Labute approximate surface area is 172 Å². The summed E-state index contributed by atoms with van der Waals surface area (Å²) < 4.78 is 11.0. The van der Waals surface area contributed by atoms with Crippen molar-refractivity contribution in [3.63, 3.8) is 0 Å². The zero-order chi connectivity index (χ0) is 19.9. The van der Waals surface area contributed by atoms with Crippen LogP contribution in [-0.4, -0.2) is 35.1 Å². The molecule has 1 amide bonds. The van der Waals surface area contributed by atoms with Crippen LogP contribution in [0.15, 0.2) is 65.7 Å². The molecule has 3 aromatic rings. The number of carbonyl (C=O) groups is 1. The average molecular weight is 408 g/mol. The average Bonchev–Trinajstić information content (AvgIpc) is 2.77. The second-order valence-corrected chi connectivity index (χ2v) is 7.29. The molecule has 0 saturated carbocycles. The summed E-state index contributed by atoms with van der Waals surface area (Å²) in [7, 11) is 0. The first kappa shape index (κ1) is 19.1. The Kier molecular flexibility index (Phi) is 6.11. The number of hydrogen-bond acceptors (Lipinski definition) is 7. The molecular weight excluding hydrogens is 388 g/mol. The van der Waals surface area contributed by atoms with Crippen molar-refractivity contribution in [3.05, 3.63) is 66.2 Å². The minimum absolute atomic E-state index is 0.125. The fraction of sp³-hybridized carbons (Fsp3) is 0.190. The van der Waals surface area contributed by atoms with E-state index in [-0.39, 0.29) is 11.7 Å². The normalized spacial score (nSPS) is 12.3. The summed E-state index contributed by atoms with van der Waals surface area (Å²) in [5.74, 6) is 2.14. The number of rotatable bonds is 7. The number of benzene rings is 2. The van der Waals surface area contributed by atoms with E-state index < -0.39 is 0 Å². The van der Waals surface area contributed by atoms with Crippen LogP contribution in [-0.2, 0) is 11.3 Å². The predicted molar refractivity (Wildman–Crippen MR) is 113 cm³/mol. The molecule has 0 bridgehead atoms. The van der Waals surface area contributed by atoms with Crippen LogP contribution in [0, 0.1) is 0 Å². The summed E-state index contributed by atoms with van der Waals surface area (Å²) in [4.78, 5) is 12.2. The number of anilines is 2. The summed E-state index contributed by atoms with van der Waals surface area (Å²) >= 11 is 1.33. The number of fused-ring (bicyclic) bond motifs is 1. The Hall–Kier alpha value is -3.26. The van der Waals surface area contributed by atoms with Gasteiger partial charge in [0.25, 0.3) is 0 Å². The summed E-state index contributed by atoms with van der Waals surface area (Å²) in [6, 6.07) is 19.1. The molecule has 0 unspecified atom stereocenters. The van der Waals surface area contributed by atoms with E-state index in [0.717, 1.165) is 0 Å². The number of amides is 1. The number of hydrogen-bond donors (Lipinski definition) is 2. The third-order valence-electron chi connectivity index (χ3n) is 4.13. The first-order valence-corrected chi connectivity index (χ1v) is 10.2. The lowest BCUT2D eigenvalue weighted by molar-refractivity contribution is -0.113. The molecule has 29 heavy (non-hydrogen) atoms. The van der Waals surface area contributed by atoms with Crippen molar-refractivity contribution in [2.75, 3.05) is 29.6 Å². The van der Waals surface area contributed by atoms with Gasteiger partial charge in [0.2, 0.25) is 5.91 Å². The second-order valence-electron chi connectivity index (χ2n) is 6.29. The molecule has 0 spiro atoms. The van der Waals surface area contributed by atoms with Crippen molar-refractivity contribution in [2.24, 2.45) is 0 Å². The zero-order valence-corrected chi connectivity index (χ0v) is 16.4. The fourth-order valence-electron chi connectivity index (χ4n) is 2.74. The van der Waals surface area contributed by atoms with Crippen molar-refractivity contribution in [1.29, 1.82) is 0 Å². The van der Waals surface area contributed by atoms with E-state index in [1.165, 1.54) is 17.3 Å². The highest BCUT2D eigenvalue weighted by molar-refractivity contribution is 7.99. The highest BCUT2D eigenvalue weighted by Gasteiger charge is 2.13. The molecule has 0 atom stereocenters. The van der Waals surface area contributed by atoms with Gasteiger partial charge in [0, 0.05) is 18.3 Å². The molecule has 2 N–H and O–H groups in total. The van der Waals surface area contributed by atoms with Gasteiger partial charge in [0.1, 0.15) is 24.1 Å². The molecule has 0 aliphatic carbocycles. The molecule has 0 saturated heterocycles. The van der Waals surface area contributed by atoms with E-state index in [1.54, 1.807) is 18.2 Å². The molecule has 0 fully saturated rings. The maximum Gasteiger partial charge on any atom is 0.234 e. The van der Waals surface area contributed by atoms with Gasteiger partial charge in [0.05, 0.1) is 5.75 Å². The van der Waals surface area contributed by atoms with Gasteiger partial charge in [0.15, 0.2) is 11.5 Å². The Morgan fingerprint density at radius 1 is 0.966 bits per heavy atom. The van der Waals surface area contributed by atoms with Crippen molar-refractivity contribution in [2.45, 2.75) is 11.6 Å². The van der Waals surface area contributed by atoms with Gasteiger partial charge in [-0.25, -0.2) is 0 Å². The molecule has 148 valence electrons. The fourth-order valence-corrected chi connectivity index (χ4v) is 3.35. The SMILES string of the molecule is O=C(CSc1ccc(NCc2ccccc2)nn1)Nc1ccc2c(c1)OCCO2. The number of nitrogens with zero attached hydrogens (tertiary/aromatic N) is 2. The minimum Gasteiger partial charge on any atom is -0.486 e. The van der Waals surface area contributed by atoms with Gasteiger partial charge in [-0.15, -0.1) is 10.2 Å². The van der Waals surface area contributed by atoms with Gasteiger partial charge in [-0.05, 0) is 29.8 Å². The van der Waals surface area contributed by atoms with E-state index in [1.807, 2.05) is 42.5 Å². The zero-order valence-electron chi connectivity index (χ0n) is 15.6. The lowest BCUT2D eigenvalue weighted by Gasteiger charge is -2.18. The second kappa shape index (κ2) is 9.29. The van der Waals surface area contributed by atoms with Crippen LogP contribution >= 0.6 is 11.8 Å². The van der Waals surface area contributed by atoms with Crippen LogP contribution in [0.5, 0.6) is 11.5 Å². The Bertz CT molecular complexity index is 967.